The van der Waals surface area contributed by atoms with Crippen LogP contribution >= 0.6 is 11.3 Å². The Bertz CT molecular complexity index is 1110. The van der Waals surface area contributed by atoms with Crippen LogP contribution in [0.5, 0.6) is 0 Å². The molecule has 4 aromatic rings. The van der Waals surface area contributed by atoms with E-state index < -0.39 is 12.1 Å². The van der Waals surface area contributed by atoms with E-state index in [1.165, 1.54) is 11.3 Å². The van der Waals surface area contributed by atoms with E-state index >= 15 is 0 Å². The molecule has 0 saturated heterocycles. The number of aromatic nitrogens is 6. The standard InChI is InChI=1S/C17H12F3N7OS/c1-10-15(24-7-6-22-10)27(13-8-21-4-5-23-13)9-11-2-3-12(29-11)14-25-16(28-26-14)17(18,19)20/h2-8H,9H2,1H3. The predicted octanol–water partition coefficient (Wildman–Crippen LogP) is 4.04. The topological polar surface area (TPSA) is 93.7 Å². The van der Waals surface area contributed by atoms with Crippen molar-refractivity contribution in [3.8, 4) is 10.7 Å². The molecule has 0 amide bonds. The highest BCUT2D eigenvalue weighted by molar-refractivity contribution is 7.15. The lowest BCUT2D eigenvalue weighted by Gasteiger charge is -2.22. The fraction of sp³-hybridized carbons (Fsp3) is 0.176. The second-order valence-corrected chi connectivity index (χ2v) is 6.97. The van der Waals surface area contributed by atoms with Crippen LogP contribution in [0.1, 0.15) is 16.5 Å². The van der Waals surface area contributed by atoms with E-state index in [4.69, 9.17) is 0 Å². The largest absolute Gasteiger partial charge is 0.471 e. The van der Waals surface area contributed by atoms with Crippen molar-refractivity contribution >= 4 is 23.0 Å². The molecule has 4 heterocycles. The van der Waals surface area contributed by atoms with Crippen LogP contribution < -0.4 is 4.90 Å². The number of alkyl halides is 3. The van der Waals surface area contributed by atoms with Gasteiger partial charge in [-0.2, -0.15) is 18.2 Å². The molecule has 0 aliphatic carbocycles. The van der Waals surface area contributed by atoms with Gasteiger partial charge in [0.05, 0.1) is 23.3 Å². The van der Waals surface area contributed by atoms with Crippen molar-refractivity contribution in [1.82, 2.24) is 30.1 Å². The van der Waals surface area contributed by atoms with Crippen molar-refractivity contribution in [1.29, 1.82) is 0 Å². The third-order valence-electron chi connectivity index (χ3n) is 3.80. The number of halogens is 3. The molecule has 12 heteroatoms. The third kappa shape index (κ3) is 4.06. The number of hydrogen-bond donors (Lipinski definition) is 0. The lowest BCUT2D eigenvalue weighted by atomic mass is 10.3. The van der Waals surface area contributed by atoms with Crippen molar-refractivity contribution < 1.29 is 17.7 Å². The average molecular weight is 419 g/mol. The summed E-state index contributed by atoms with van der Waals surface area (Å²) in [4.78, 5) is 23.6. The van der Waals surface area contributed by atoms with Crippen molar-refractivity contribution in [3.63, 3.8) is 0 Å². The first kappa shape index (κ1) is 18.9. The van der Waals surface area contributed by atoms with Crippen LogP contribution in [0.25, 0.3) is 10.7 Å². The van der Waals surface area contributed by atoms with Crippen LogP contribution in [0.15, 0.2) is 47.6 Å². The summed E-state index contributed by atoms with van der Waals surface area (Å²) in [7, 11) is 0. The van der Waals surface area contributed by atoms with Crippen molar-refractivity contribution in [2.75, 3.05) is 4.90 Å². The molecule has 4 rings (SSSR count). The fourth-order valence-corrected chi connectivity index (χ4v) is 3.46. The molecule has 0 bridgehead atoms. The van der Waals surface area contributed by atoms with Gasteiger partial charge in [0.1, 0.15) is 0 Å². The van der Waals surface area contributed by atoms with Gasteiger partial charge in [-0.1, -0.05) is 5.16 Å². The summed E-state index contributed by atoms with van der Waals surface area (Å²) in [5, 5.41) is 3.42. The number of thiophene rings is 1. The molecule has 0 spiro atoms. The Morgan fingerprint density at radius 1 is 1.07 bits per heavy atom. The van der Waals surface area contributed by atoms with Gasteiger partial charge in [-0.15, -0.1) is 11.3 Å². The van der Waals surface area contributed by atoms with E-state index in [1.54, 1.807) is 43.1 Å². The third-order valence-corrected chi connectivity index (χ3v) is 4.87. The molecule has 0 aliphatic heterocycles. The number of anilines is 2. The minimum absolute atomic E-state index is 0.115. The predicted molar refractivity (Wildman–Crippen MR) is 97.3 cm³/mol. The van der Waals surface area contributed by atoms with Gasteiger partial charge in [0.25, 0.3) is 0 Å². The Kier molecular flexibility index (Phi) is 4.92. The van der Waals surface area contributed by atoms with E-state index in [2.05, 4.69) is 34.6 Å². The number of hydrogen-bond acceptors (Lipinski definition) is 9. The zero-order valence-corrected chi connectivity index (χ0v) is 15.6. The summed E-state index contributed by atoms with van der Waals surface area (Å²) in [5.74, 6) is -0.332. The summed E-state index contributed by atoms with van der Waals surface area (Å²) >= 11 is 1.24. The summed E-state index contributed by atoms with van der Waals surface area (Å²) in [6.07, 6.45) is 3.19. The molecule has 0 aromatic carbocycles. The van der Waals surface area contributed by atoms with Crippen molar-refractivity contribution in [2.45, 2.75) is 19.6 Å². The highest BCUT2D eigenvalue weighted by atomic mass is 32.1. The Balaban J connectivity index is 1.64. The van der Waals surface area contributed by atoms with Gasteiger partial charge in [0.2, 0.25) is 5.82 Å². The van der Waals surface area contributed by atoms with Gasteiger partial charge < -0.3 is 9.42 Å². The Hall–Kier alpha value is -3.41. The monoisotopic (exact) mass is 419 g/mol. The minimum atomic E-state index is -4.68. The number of nitrogens with zero attached hydrogens (tertiary/aromatic N) is 7. The number of rotatable bonds is 5. The number of aryl methyl sites for hydroxylation is 1. The molecule has 0 saturated carbocycles. The molecule has 4 aromatic heterocycles. The van der Waals surface area contributed by atoms with E-state index in [-0.39, 0.29) is 5.82 Å². The molecular weight excluding hydrogens is 407 g/mol. The molecule has 0 atom stereocenters. The van der Waals surface area contributed by atoms with Gasteiger partial charge in [0, 0.05) is 29.7 Å². The Labute approximate surface area is 166 Å². The molecule has 148 valence electrons. The van der Waals surface area contributed by atoms with Crippen molar-refractivity contribution in [2.24, 2.45) is 0 Å². The van der Waals surface area contributed by atoms with Crippen LogP contribution in [0.2, 0.25) is 0 Å². The smallest absolute Gasteiger partial charge is 0.329 e. The maximum Gasteiger partial charge on any atom is 0.471 e. The van der Waals surface area contributed by atoms with Crippen LogP contribution in [-0.2, 0) is 12.7 Å². The quantitative estimate of drug-likeness (QED) is 0.478. The van der Waals surface area contributed by atoms with E-state index in [0.29, 0.717) is 28.8 Å². The fourth-order valence-electron chi connectivity index (χ4n) is 2.54. The molecule has 29 heavy (non-hydrogen) atoms. The highest BCUT2D eigenvalue weighted by Crippen LogP contribution is 2.33. The molecule has 0 radical (unpaired) electrons. The van der Waals surface area contributed by atoms with Gasteiger partial charge in [-0.25, -0.2) is 9.97 Å². The lowest BCUT2D eigenvalue weighted by molar-refractivity contribution is -0.159. The van der Waals surface area contributed by atoms with Crippen LogP contribution in [0, 0.1) is 6.92 Å². The van der Waals surface area contributed by atoms with Gasteiger partial charge in [-0.3, -0.25) is 9.97 Å². The zero-order chi connectivity index (χ0) is 20.4. The molecule has 0 aliphatic rings. The second kappa shape index (κ2) is 7.54. The Morgan fingerprint density at radius 3 is 2.55 bits per heavy atom. The van der Waals surface area contributed by atoms with Gasteiger partial charge in [-0.05, 0) is 19.1 Å². The van der Waals surface area contributed by atoms with Gasteiger partial charge in [0.15, 0.2) is 11.6 Å². The molecule has 0 N–H and O–H groups in total. The summed E-state index contributed by atoms with van der Waals surface area (Å²) in [6, 6.07) is 3.42. The lowest BCUT2D eigenvalue weighted by Crippen LogP contribution is -2.20. The minimum Gasteiger partial charge on any atom is -0.329 e. The first-order valence-electron chi connectivity index (χ1n) is 8.23. The van der Waals surface area contributed by atoms with Gasteiger partial charge >= 0.3 is 12.1 Å². The van der Waals surface area contributed by atoms with E-state index in [1.807, 2.05) is 11.8 Å². The molecular formula is C17H12F3N7OS. The molecule has 0 fully saturated rings. The first-order chi connectivity index (χ1) is 13.9. The molecule has 0 unspecified atom stereocenters. The molecule has 8 nitrogen and oxygen atoms in total. The summed E-state index contributed by atoms with van der Waals surface area (Å²) in [5.41, 5.74) is 0.697. The van der Waals surface area contributed by atoms with Crippen molar-refractivity contribution in [3.05, 3.63) is 59.6 Å². The summed E-state index contributed by atoms with van der Waals surface area (Å²) in [6.45, 7) is 2.18. The van der Waals surface area contributed by atoms with E-state index in [9.17, 15) is 13.2 Å². The maximum atomic E-state index is 12.7. The first-order valence-corrected chi connectivity index (χ1v) is 9.04. The van der Waals surface area contributed by atoms with Crippen LogP contribution in [0.3, 0.4) is 0 Å². The normalized spacial score (nSPS) is 11.6. The highest BCUT2D eigenvalue weighted by Gasteiger charge is 2.38. The van der Waals surface area contributed by atoms with Crippen LogP contribution in [0.4, 0.5) is 24.8 Å². The second-order valence-electron chi connectivity index (χ2n) is 5.80. The average Bonchev–Trinajstić information content (AvgIpc) is 3.37. The van der Waals surface area contributed by atoms with Crippen LogP contribution in [-0.4, -0.2) is 30.1 Å². The SMILES string of the molecule is Cc1nccnc1N(Cc1ccc(-c2noc(C(F)(F)F)n2)s1)c1cnccn1. The Morgan fingerprint density at radius 2 is 1.86 bits per heavy atom. The zero-order valence-electron chi connectivity index (χ0n) is 14.8. The maximum absolute atomic E-state index is 12.7. The summed E-state index contributed by atoms with van der Waals surface area (Å²) < 4.78 is 42.3. The van der Waals surface area contributed by atoms with E-state index in [0.717, 1.165) is 4.88 Å².